The van der Waals surface area contributed by atoms with Crippen LogP contribution in [0.5, 0.6) is 0 Å². The quantitative estimate of drug-likeness (QED) is 0.170. The first-order valence-corrected chi connectivity index (χ1v) is 18.9. The molecule has 0 amide bonds. The lowest BCUT2D eigenvalue weighted by molar-refractivity contribution is 0.669. The van der Waals surface area contributed by atoms with Crippen molar-refractivity contribution >= 4 is 76.1 Å². The summed E-state index contributed by atoms with van der Waals surface area (Å²) >= 11 is 0. The van der Waals surface area contributed by atoms with Crippen molar-refractivity contribution in [3.05, 3.63) is 182 Å². The maximum Gasteiger partial charge on any atom is 0.238 e. The lowest BCUT2D eigenvalue weighted by atomic mass is 9.93. The molecule has 260 valence electrons. The topological polar surface area (TPSA) is 56.7 Å². The van der Waals surface area contributed by atoms with Gasteiger partial charge in [-0.3, -0.25) is 4.57 Å². The zero-order chi connectivity index (χ0) is 36.7. The summed E-state index contributed by atoms with van der Waals surface area (Å²) in [6.45, 7) is 0. The third kappa shape index (κ3) is 4.58. The molecule has 3 aromatic heterocycles. The van der Waals surface area contributed by atoms with Crippen LogP contribution in [0.4, 0.5) is 0 Å². The fourth-order valence-corrected chi connectivity index (χ4v) is 8.71. The minimum Gasteiger partial charge on any atom is -0.456 e. The first kappa shape index (κ1) is 30.8. The molecule has 0 saturated heterocycles. The molecule has 0 unspecified atom stereocenters. The summed E-state index contributed by atoms with van der Waals surface area (Å²) in [5.41, 5.74) is 7.83. The first-order chi connectivity index (χ1) is 27.8. The van der Waals surface area contributed by atoms with Gasteiger partial charge in [0.15, 0.2) is 11.6 Å². The number of rotatable bonds is 4. The Balaban J connectivity index is 1.14. The van der Waals surface area contributed by atoms with Gasteiger partial charge in [-0.2, -0.15) is 9.97 Å². The van der Waals surface area contributed by atoms with Crippen LogP contribution >= 0.6 is 0 Å². The molecular formula is C51H30N4O. The van der Waals surface area contributed by atoms with E-state index in [0.717, 1.165) is 66.0 Å². The number of fused-ring (bicyclic) bond motifs is 12. The van der Waals surface area contributed by atoms with Crippen LogP contribution in [0.1, 0.15) is 0 Å². The third-order valence-corrected chi connectivity index (χ3v) is 11.2. The van der Waals surface area contributed by atoms with Crippen LogP contribution in [-0.4, -0.2) is 19.5 Å². The van der Waals surface area contributed by atoms with Crippen molar-refractivity contribution in [2.24, 2.45) is 0 Å². The standard InChI is InChI=1S/C51H30N4O/c1-2-13-31(14-3-1)49-52-50(33-25-27-39-37-17-5-4-15-35(37)36-16-6-7-18-38(36)43(39)30-33)54-51(53-49)55-45-23-10-8-19-40(45)42-22-12-21-34(48(42)55)32-26-28-47-44(29-32)41-20-9-11-24-46(41)56-47/h1-30H. The highest BCUT2D eigenvalue weighted by Crippen LogP contribution is 2.41. The zero-order valence-electron chi connectivity index (χ0n) is 30.0. The van der Waals surface area contributed by atoms with Gasteiger partial charge >= 0.3 is 0 Å². The Morgan fingerprint density at radius 1 is 0.339 bits per heavy atom. The highest BCUT2D eigenvalue weighted by atomic mass is 16.3. The molecule has 0 bridgehead atoms. The number of hydrogen-bond acceptors (Lipinski definition) is 4. The van der Waals surface area contributed by atoms with Crippen molar-refractivity contribution in [2.75, 3.05) is 0 Å². The van der Waals surface area contributed by atoms with E-state index < -0.39 is 0 Å². The summed E-state index contributed by atoms with van der Waals surface area (Å²) < 4.78 is 8.44. The number of furan rings is 1. The summed E-state index contributed by atoms with van der Waals surface area (Å²) in [5, 5.41) is 11.7. The Morgan fingerprint density at radius 3 is 1.66 bits per heavy atom. The van der Waals surface area contributed by atoms with Gasteiger partial charge in [0.05, 0.1) is 11.0 Å². The fourth-order valence-electron chi connectivity index (χ4n) is 8.71. The number of aromatic nitrogens is 4. The van der Waals surface area contributed by atoms with Crippen LogP contribution in [0.25, 0.3) is 116 Å². The van der Waals surface area contributed by atoms with E-state index in [4.69, 9.17) is 19.4 Å². The molecule has 0 fully saturated rings. The van der Waals surface area contributed by atoms with Gasteiger partial charge in [-0.05, 0) is 68.2 Å². The van der Waals surface area contributed by atoms with E-state index in [-0.39, 0.29) is 0 Å². The minimum atomic E-state index is 0.561. The van der Waals surface area contributed by atoms with Crippen molar-refractivity contribution in [1.29, 1.82) is 0 Å². The Kier molecular flexibility index (Phi) is 6.56. The Hall–Kier alpha value is -7.63. The molecule has 0 saturated carbocycles. The van der Waals surface area contributed by atoms with Crippen LogP contribution in [0.15, 0.2) is 186 Å². The van der Waals surface area contributed by atoms with Gasteiger partial charge in [-0.15, -0.1) is 0 Å². The summed E-state index contributed by atoms with van der Waals surface area (Å²) in [4.78, 5) is 15.8. The number of benzene rings is 9. The molecule has 0 atom stereocenters. The van der Waals surface area contributed by atoms with Gasteiger partial charge in [0.1, 0.15) is 11.2 Å². The Bertz CT molecular complexity index is 3510. The monoisotopic (exact) mass is 714 g/mol. The van der Waals surface area contributed by atoms with Crippen molar-refractivity contribution in [3.8, 4) is 39.9 Å². The van der Waals surface area contributed by atoms with Gasteiger partial charge < -0.3 is 4.42 Å². The normalized spacial score (nSPS) is 11.9. The summed E-state index contributed by atoms with van der Waals surface area (Å²) in [6.07, 6.45) is 0. The van der Waals surface area contributed by atoms with Crippen LogP contribution in [0, 0.1) is 0 Å². The molecule has 5 heteroatoms. The maximum absolute atomic E-state index is 6.22. The number of nitrogens with zero attached hydrogens (tertiary/aromatic N) is 4. The molecule has 0 radical (unpaired) electrons. The highest BCUT2D eigenvalue weighted by Gasteiger charge is 2.21. The summed E-state index contributed by atoms with van der Waals surface area (Å²) in [6, 6.07) is 63.9. The molecule has 0 spiro atoms. The molecule has 0 N–H and O–H groups in total. The van der Waals surface area contributed by atoms with Crippen LogP contribution in [0.2, 0.25) is 0 Å². The fraction of sp³-hybridized carbons (Fsp3) is 0. The molecule has 3 heterocycles. The molecule has 0 aliphatic rings. The second-order valence-electron chi connectivity index (χ2n) is 14.4. The SMILES string of the molecule is c1ccc(-c2nc(-c3ccc4c5ccccc5c5ccccc5c4c3)nc(-n3c4ccccc4c4cccc(-c5ccc6oc7ccccc7c6c5)c43)n2)cc1. The smallest absolute Gasteiger partial charge is 0.238 e. The van der Waals surface area contributed by atoms with Gasteiger partial charge in [-0.1, -0.05) is 152 Å². The van der Waals surface area contributed by atoms with E-state index in [0.29, 0.717) is 17.6 Å². The molecule has 5 nitrogen and oxygen atoms in total. The summed E-state index contributed by atoms with van der Waals surface area (Å²) in [5.74, 6) is 1.79. The largest absolute Gasteiger partial charge is 0.456 e. The molecule has 12 rings (SSSR count). The van der Waals surface area contributed by atoms with Crippen molar-refractivity contribution in [2.45, 2.75) is 0 Å². The van der Waals surface area contributed by atoms with E-state index in [1.165, 1.54) is 32.3 Å². The van der Waals surface area contributed by atoms with Crippen LogP contribution in [-0.2, 0) is 0 Å². The zero-order valence-corrected chi connectivity index (χ0v) is 30.0. The predicted octanol–water partition coefficient (Wildman–Crippen LogP) is 13.3. The Morgan fingerprint density at radius 2 is 0.893 bits per heavy atom. The third-order valence-electron chi connectivity index (χ3n) is 11.2. The number of para-hydroxylation sites is 3. The average Bonchev–Trinajstić information content (AvgIpc) is 3.82. The average molecular weight is 715 g/mol. The van der Waals surface area contributed by atoms with E-state index in [2.05, 4.69) is 156 Å². The van der Waals surface area contributed by atoms with Gasteiger partial charge in [-0.25, -0.2) is 4.98 Å². The molecule has 12 aromatic rings. The van der Waals surface area contributed by atoms with E-state index in [9.17, 15) is 0 Å². The number of hydrogen-bond donors (Lipinski definition) is 0. The maximum atomic E-state index is 6.22. The lowest BCUT2D eigenvalue weighted by Crippen LogP contribution is -2.07. The van der Waals surface area contributed by atoms with Gasteiger partial charge in [0.2, 0.25) is 5.95 Å². The molecule has 9 aromatic carbocycles. The molecular weight excluding hydrogens is 685 g/mol. The van der Waals surface area contributed by atoms with Crippen LogP contribution in [0.3, 0.4) is 0 Å². The second-order valence-corrected chi connectivity index (χ2v) is 14.4. The van der Waals surface area contributed by atoms with Crippen molar-refractivity contribution < 1.29 is 4.42 Å². The second kappa shape index (κ2) is 11.9. The molecule has 0 aliphatic carbocycles. The molecule has 56 heavy (non-hydrogen) atoms. The van der Waals surface area contributed by atoms with E-state index >= 15 is 0 Å². The lowest BCUT2D eigenvalue weighted by Gasteiger charge is -2.14. The van der Waals surface area contributed by atoms with Gasteiger partial charge in [0, 0.05) is 38.2 Å². The van der Waals surface area contributed by atoms with Gasteiger partial charge in [0.25, 0.3) is 0 Å². The first-order valence-electron chi connectivity index (χ1n) is 18.9. The minimum absolute atomic E-state index is 0.561. The Labute approximate surface area is 320 Å². The molecule has 0 aliphatic heterocycles. The highest BCUT2D eigenvalue weighted by molar-refractivity contribution is 6.25. The summed E-state index contributed by atoms with van der Waals surface area (Å²) in [7, 11) is 0. The van der Waals surface area contributed by atoms with Crippen molar-refractivity contribution in [3.63, 3.8) is 0 Å². The predicted molar refractivity (Wildman–Crippen MR) is 230 cm³/mol. The van der Waals surface area contributed by atoms with E-state index in [1.807, 2.05) is 30.3 Å². The van der Waals surface area contributed by atoms with E-state index in [1.54, 1.807) is 0 Å². The van der Waals surface area contributed by atoms with Crippen LogP contribution < -0.4 is 0 Å². The van der Waals surface area contributed by atoms with Crippen molar-refractivity contribution in [1.82, 2.24) is 19.5 Å².